The molecule has 2 aromatic rings. The normalized spacial score (nSPS) is 17.8. The van der Waals surface area contributed by atoms with Crippen LogP contribution in [0.4, 0.5) is 11.4 Å². The third-order valence-electron chi connectivity index (χ3n) is 3.43. The second-order valence-electron chi connectivity index (χ2n) is 5.34. The number of rotatable bonds is 5. The zero-order valence-corrected chi connectivity index (χ0v) is 15.7. The fourth-order valence-corrected chi connectivity index (χ4v) is 3.47. The van der Waals surface area contributed by atoms with Crippen LogP contribution < -0.4 is 16.1 Å². The van der Waals surface area contributed by atoms with E-state index in [-0.39, 0.29) is 23.3 Å². The number of hydrazone groups is 1. The van der Waals surface area contributed by atoms with Gasteiger partial charge in [0.05, 0.1) is 21.4 Å². The number of halogens is 2. The quantitative estimate of drug-likeness (QED) is 0.654. The fraction of sp³-hybridized carbons (Fsp3) is 0.118. The summed E-state index contributed by atoms with van der Waals surface area (Å²) in [5.41, 5.74) is 4.06. The minimum absolute atomic E-state index is 0.0102. The van der Waals surface area contributed by atoms with E-state index in [2.05, 4.69) is 21.2 Å². The highest BCUT2D eigenvalue weighted by Gasteiger charge is 2.32. The van der Waals surface area contributed by atoms with Crippen molar-refractivity contribution >= 4 is 63.3 Å². The van der Waals surface area contributed by atoms with Crippen LogP contribution >= 0.6 is 35.0 Å². The predicted octanol–water partition coefficient (Wildman–Crippen LogP) is 3.94. The van der Waals surface area contributed by atoms with Crippen LogP contribution in [-0.2, 0) is 9.59 Å². The smallest absolute Gasteiger partial charge is 0.240 e. The van der Waals surface area contributed by atoms with E-state index in [4.69, 9.17) is 23.2 Å². The molecule has 2 aromatic carbocycles. The van der Waals surface area contributed by atoms with Crippen LogP contribution in [0.15, 0.2) is 53.6 Å². The average molecular weight is 409 g/mol. The van der Waals surface area contributed by atoms with E-state index in [1.54, 1.807) is 18.2 Å². The number of para-hydroxylation sites is 1. The largest absolute Gasteiger partial charge is 0.325 e. The molecule has 3 N–H and O–H groups in total. The van der Waals surface area contributed by atoms with E-state index in [9.17, 15) is 9.59 Å². The van der Waals surface area contributed by atoms with Gasteiger partial charge in [0.15, 0.2) is 5.17 Å². The highest BCUT2D eigenvalue weighted by Crippen LogP contribution is 2.30. The van der Waals surface area contributed by atoms with Gasteiger partial charge in [0.2, 0.25) is 11.8 Å². The number of carbonyl (C=O) groups excluding carboxylic acids is 2. The van der Waals surface area contributed by atoms with Gasteiger partial charge in [-0.15, -0.1) is 5.10 Å². The summed E-state index contributed by atoms with van der Waals surface area (Å²) in [5, 5.41) is 9.91. The van der Waals surface area contributed by atoms with Gasteiger partial charge in [0.1, 0.15) is 5.25 Å². The number of carbonyl (C=O) groups is 2. The topological polar surface area (TPSA) is 82.6 Å². The van der Waals surface area contributed by atoms with Crippen molar-refractivity contribution in [1.29, 1.82) is 0 Å². The molecule has 2 amide bonds. The third kappa shape index (κ3) is 4.69. The van der Waals surface area contributed by atoms with Crippen LogP contribution in [0.1, 0.15) is 6.42 Å². The van der Waals surface area contributed by atoms with Crippen LogP contribution in [0.25, 0.3) is 0 Å². The van der Waals surface area contributed by atoms with Crippen molar-refractivity contribution < 1.29 is 9.59 Å². The maximum atomic E-state index is 12.2. The maximum Gasteiger partial charge on any atom is 0.240 e. The number of nitrogens with zero attached hydrogens (tertiary/aromatic N) is 1. The highest BCUT2D eigenvalue weighted by atomic mass is 35.5. The number of hydrogen-bond acceptors (Lipinski definition) is 5. The highest BCUT2D eigenvalue weighted by molar-refractivity contribution is 8.15. The summed E-state index contributed by atoms with van der Waals surface area (Å²) in [6.07, 6.45) is -0.0102. The summed E-state index contributed by atoms with van der Waals surface area (Å²) in [6, 6.07) is 14.3. The lowest BCUT2D eigenvalue weighted by Gasteiger charge is -2.09. The lowest BCUT2D eigenvalue weighted by atomic mass is 10.2. The predicted molar refractivity (Wildman–Crippen MR) is 107 cm³/mol. The molecule has 0 aromatic heterocycles. The average Bonchev–Trinajstić information content (AvgIpc) is 2.97. The molecule has 0 bridgehead atoms. The van der Waals surface area contributed by atoms with Crippen molar-refractivity contribution in [3.8, 4) is 0 Å². The first kappa shape index (κ1) is 18.6. The van der Waals surface area contributed by atoms with Crippen molar-refractivity contribution in [2.45, 2.75) is 11.7 Å². The standard InChI is InChI=1S/C17H14Cl2N4O2S/c18-11-7-4-8-12(15(11)19)20-14(24)9-13-16(25)21-17(26-13)23-22-10-5-2-1-3-6-10/h1-8,13,22H,9H2,(H,20,24)(H,21,23,25)/t13-/m0/s1. The molecule has 3 rings (SSSR count). The Morgan fingerprint density at radius 2 is 1.92 bits per heavy atom. The van der Waals surface area contributed by atoms with E-state index in [1.165, 1.54) is 11.8 Å². The van der Waals surface area contributed by atoms with Crippen molar-refractivity contribution in [2.75, 3.05) is 10.7 Å². The molecular formula is C17H14Cl2N4O2S. The molecule has 1 aliphatic rings. The van der Waals surface area contributed by atoms with Crippen LogP contribution in [0, 0.1) is 0 Å². The molecule has 0 aliphatic carbocycles. The van der Waals surface area contributed by atoms with E-state index in [0.717, 1.165) is 5.69 Å². The van der Waals surface area contributed by atoms with Crippen LogP contribution in [0.5, 0.6) is 0 Å². The number of thioether (sulfide) groups is 1. The lowest BCUT2D eigenvalue weighted by molar-refractivity contribution is -0.122. The molecule has 134 valence electrons. The Bertz CT molecular complexity index is 861. The third-order valence-corrected chi connectivity index (χ3v) is 5.33. The summed E-state index contributed by atoms with van der Waals surface area (Å²) in [4.78, 5) is 24.2. The number of nitrogens with one attached hydrogen (secondary N) is 3. The minimum Gasteiger partial charge on any atom is -0.325 e. The van der Waals surface area contributed by atoms with Gasteiger partial charge in [0.25, 0.3) is 0 Å². The zero-order valence-electron chi connectivity index (χ0n) is 13.3. The number of benzene rings is 2. The van der Waals surface area contributed by atoms with Gasteiger partial charge in [-0.2, -0.15) is 0 Å². The monoisotopic (exact) mass is 408 g/mol. The molecule has 0 radical (unpaired) electrons. The molecule has 1 atom stereocenters. The Morgan fingerprint density at radius 3 is 2.69 bits per heavy atom. The van der Waals surface area contributed by atoms with Crippen molar-refractivity contribution in [2.24, 2.45) is 5.10 Å². The molecule has 0 saturated carbocycles. The maximum absolute atomic E-state index is 12.2. The number of anilines is 2. The minimum atomic E-state index is -0.565. The first-order valence-corrected chi connectivity index (χ1v) is 9.26. The SMILES string of the molecule is O=C(C[C@@H]1S/C(=N/Nc2ccccc2)NC1=O)Nc1cccc(Cl)c1Cl. The summed E-state index contributed by atoms with van der Waals surface area (Å²) < 4.78 is 0. The summed E-state index contributed by atoms with van der Waals surface area (Å²) in [7, 11) is 0. The zero-order chi connectivity index (χ0) is 18.5. The lowest BCUT2D eigenvalue weighted by Crippen LogP contribution is -2.28. The number of amides is 2. The molecule has 1 heterocycles. The molecule has 0 unspecified atom stereocenters. The van der Waals surface area contributed by atoms with Crippen molar-refractivity contribution in [1.82, 2.24) is 5.32 Å². The molecular weight excluding hydrogens is 395 g/mol. The van der Waals surface area contributed by atoms with E-state index < -0.39 is 5.25 Å². The molecule has 1 saturated heterocycles. The molecule has 6 nitrogen and oxygen atoms in total. The van der Waals surface area contributed by atoms with Gasteiger partial charge in [-0.1, -0.05) is 59.2 Å². The van der Waals surface area contributed by atoms with Crippen molar-refractivity contribution in [3.63, 3.8) is 0 Å². The Labute approximate surface area is 164 Å². The van der Waals surface area contributed by atoms with Gasteiger partial charge in [-0.3, -0.25) is 15.0 Å². The van der Waals surface area contributed by atoms with E-state index in [1.807, 2.05) is 30.3 Å². The number of amidine groups is 1. The Morgan fingerprint density at radius 1 is 1.15 bits per heavy atom. The van der Waals surface area contributed by atoms with Crippen LogP contribution in [-0.4, -0.2) is 22.2 Å². The van der Waals surface area contributed by atoms with Gasteiger partial charge in [-0.05, 0) is 24.3 Å². The van der Waals surface area contributed by atoms with E-state index in [0.29, 0.717) is 15.9 Å². The molecule has 26 heavy (non-hydrogen) atoms. The molecule has 9 heteroatoms. The Kier molecular flexibility index (Phi) is 6.03. The summed E-state index contributed by atoms with van der Waals surface area (Å²) in [5.74, 6) is -0.602. The molecule has 1 fully saturated rings. The summed E-state index contributed by atoms with van der Waals surface area (Å²) >= 11 is 13.2. The van der Waals surface area contributed by atoms with Crippen molar-refractivity contribution in [3.05, 3.63) is 58.6 Å². The van der Waals surface area contributed by atoms with Gasteiger partial charge in [-0.25, -0.2) is 0 Å². The first-order chi connectivity index (χ1) is 12.5. The fourth-order valence-electron chi connectivity index (χ4n) is 2.19. The van der Waals surface area contributed by atoms with Gasteiger partial charge in [0, 0.05) is 6.42 Å². The Hall–Kier alpha value is -2.22. The second-order valence-corrected chi connectivity index (χ2v) is 7.32. The summed E-state index contributed by atoms with van der Waals surface area (Å²) in [6.45, 7) is 0. The van der Waals surface area contributed by atoms with Crippen LogP contribution in [0.2, 0.25) is 10.0 Å². The Balaban J connectivity index is 1.57. The first-order valence-electron chi connectivity index (χ1n) is 7.63. The molecule has 1 aliphatic heterocycles. The van der Waals surface area contributed by atoms with Gasteiger partial charge >= 0.3 is 0 Å². The van der Waals surface area contributed by atoms with Gasteiger partial charge < -0.3 is 10.6 Å². The number of hydrogen-bond donors (Lipinski definition) is 3. The van der Waals surface area contributed by atoms with E-state index >= 15 is 0 Å². The van der Waals surface area contributed by atoms with Crippen LogP contribution in [0.3, 0.4) is 0 Å². The molecule has 0 spiro atoms. The second kappa shape index (κ2) is 8.44.